The summed E-state index contributed by atoms with van der Waals surface area (Å²) in [5, 5.41) is 0. The summed E-state index contributed by atoms with van der Waals surface area (Å²) >= 11 is 6.43. The highest BCUT2D eigenvalue weighted by atomic mass is 79.9. The number of aromatic nitrogens is 1. The first-order valence-electron chi connectivity index (χ1n) is 4.75. The second-order valence-corrected chi connectivity index (χ2v) is 4.83. The molecule has 0 aliphatic carbocycles. The molecule has 4 nitrogen and oxygen atoms in total. The van der Waals surface area contributed by atoms with Crippen LogP contribution in [-0.2, 0) is 16.1 Å². The van der Waals surface area contributed by atoms with E-state index in [4.69, 9.17) is 4.74 Å². The predicted octanol–water partition coefficient (Wildman–Crippen LogP) is 2.33. The van der Waals surface area contributed by atoms with Crippen molar-refractivity contribution in [2.24, 2.45) is 0 Å². The largest absolute Gasteiger partial charge is 0.466 e. The van der Waals surface area contributed by atoms with Crippen molar-refractivity contribution >= 4 is 37.8 Å². The van der Waals surface area contributed by atoms with Crippen molar-refractivity contribution in [1.29, 1.82) is 0 Å². The molecule has 1 rings (SSSR count). The van der Waals surface area contributed by atoms with Gasteiger partial charge in [-0.15, -0.1) is 0 Å². The zero-order chi connectivity index (χ0) is 12.1. The van der Waals surface area contributed by atoms with Gasteiger partial charge in [0.2, 0.25) is 0 Å². The average molecular weight is 353 g/mol. The standard InChI is InChI=1S/C10H11Br2NO3/c1-2-16-9(14)3-4-13-6-7(11)5-8(12)10(13)15/h5-6H,2-4H2,1H3. The molecule has 16 heavy (non-hydrogen) atoms. The summed E-state index contributed by atoms with van der Waals surface area (Å²) in [4.78, 5) is 22.8. The lowest BCUT2D eigenvalue weighted by Crippen LogP contribution is -2.22. The number of hydrogen-bond acceptors (Lipinski definition) is 3. The van der Waals surface area contributed by atoms with E-state index in [-0.39, 0.29) is 17.9 Å². The van der Waals surface area contributed by atoms with E-state index >= 15 is 0 Å². The van der Waals surface area contributed by atoms with Crippen LogP contribution in [0, 0.1) is 0 Å². The van der Waals surface area contributed by atoms with Crippen LogP contribution in [0.25, 0.3) is 0 Å². The zero-order valence-electron chi connectivity index (χ0n) is 8.70. The quantitative estimate of drug-likeness (QED) is 0.781. The molecule has 0 radical (unpaired) electrons. The van der Waals surface area contributed by atoms with Crippen LogP contribution in [0.15, 0.2) is 26.0 Å². The van der Waals surface area contributed by atoms with Gasteiger partial charge in [-0.1, -0.05) is 0 Å². The Balaban J connectivity index is 2.74. The van der Waals surface area contributed by atoms with Crippen LogP contribution in [0.3, 0.4) is 0 Å². The van der Waals surface area contributed by atoms with Gasteiger partial charge in [0.25, 0.3) is 5.56 Å². The minimum absolute atomic E-state index is 0.160. The van der Waals surface area contributed by atoms with Crippen LogP contribution in [0.2, 0.25) is 0 Å². The molecule has 88 valence electrons. The molecule has 1 heterocycles. The van der Waals surface area contributed by atoms with Crippen LogP contribution in [0.5, 0.6) is 0 Å². The molecule has 0 bridgehead atoms. The first kappa shape index (κ1) is 13.4. The highest BCUT2D eigenvalue weighted by Gasteiger charge is 2.06. The fourth-order valence-corrected chi connectivity index (χ4v) is 2.43. The molecule has 0 saturated carbocycles. The van der Waals surface area contributed by atoms with Gasteiger partial charge in [-0.2, -0.15) is 0 Å². The lowest BCUT2D eigenvalue weighted by Gasteiger charge is -2.06. The van der Waals surface area contributed by atoms with Crippen molar-refractivity contribution in [1.82, 2.24) is 4.57 Å². The minimum atomic E-state index is -0.300. The minimum Gasteiger partial charge on any atom is -0.466 e. The Morgan fingerprint density at radius 3 is 2.81 bits per heavy atom. The Morgan fingerprint density at radius 2 is 2.19 bits per heavy atom. The van der Waals surface area contributed by atoms with E-state index in [9.17, 15) is 9.59 Å². The number of carbonyl (C=O) groups is 1. The van der Waals surface area contributed by atoms with Crippen molar-refractivity contribution in [3.05, 3.63) is 31.6 Å². The highest BCUT2D eigenvalue weighted by molar-refractivity contribution is 9.11. The zero-order valence-corrected chi connectivity index (χ0v) is 11.9. The van der Waals surface area contributed by atoms with E-state index in [1.807, 2.05) is 0 Å². The molecule has 1 aromatic heterocycles. The van der Waals surface area contributed by atoms with Crippen molar-refractivity contribution in [2.45, 2.75) is 19.9 Å². The summed E-state index contributed by atoms with van der Waals surface area (Å²) in [7, 11) is 0. The van der Waals surface area contributed by atoms with E-state index in [2.05, 4.69) is 31.9 Å². The van der Waals surface area contributed by atoms with E-state index in [0.29, 0.717) is 17.6 Å². The summed E-state index contributed by atoms with van der Waals surface area (Å²) in [5.74, 6) is -0.300. The fourth-order valence-electron chi connectivity index (χ4n) is 1.18. The summed E-state index contributed by atoms with van der Waals surface area (Å²) in [6.45, 7) is 2.42. The summed E-state index contributed by atoms with van der Waals surface area (Å²) in [5.41, 5.74) is -0.160. The smallest absolute Gasteiger partial charge is 0.307 e. The maximum absolute atomic E-state index is 11.6. The molecule has 0 N–H and O–H groups in total. The van der Waals surface area contributed by atoms with Gasteiger partial charge in [0.1, 0.15) is 0 Å². The van der Waals surface area contributed by atoms with E-state index < -0.39 is 0 Å². The Hall–Kier alpha value is -0.620. The first-order chi connectivity index (χ1) is 7.54. The molecule has 0 saturated heterocycles. The van der Waals surface area contributed by atoms with Crippen molar-refractivity contribution in [3.8, 4) is 0 Å². The van der Waals surface area contributed by atoms with E-state index in [1.54, 1.807) is 19.2 Å². The van der Waals surface area contributed by atoms with E-state index in [0.717, 1.165) is 4.47 Å². The maximum atomic E-state index is 11.6. The third-order valence-electron chi connectivity index (χ3n) is 1.87. The van der Waals surface area contributed by atoms with Crippen LogP contribution in [0.1, 0.15) is 13.3 Å². The molecular weight excluding hydrogens is 342 g/mol. The molecule has 6 heteroatoms. The average Bonchev–Trinajstić information content (AvgIpc) is 2.21. The number of ether oxygens (including phenoxy) is 1. The van der Waals surface area contributed by atoms with Crippen molar-refractivity contribution < 1.29 is 9.53 Å². The summed E-state index contributed by atoms with van der Waals surface area (Å²) in [6.07, 6.45) is 1.84. The monoisotopic (exact) mass is 351 g/mol. The second kappa shape index (κ2) is 6.20. The van der Waals surface area contributed by atoms with Crippen LogP contribution in [-0.4, -0.2) is 17.1 Å². The first-order valence-corrected chi connectivity index (χ1v) is 6.34. The fraction of sp³-hybridized carbons (Fsp3) is 0.400. The Kier molecular flexibility index (Phi) is 5.21. The van der Waals surface area contributed by atoms with Gasteiger partial charge in [-0.25, -0.2) is 0 Å². The highest BCUT2D eigenvalue weighted by Crippen LogP contribution is 2.12. The number of rotatable bonds is 4. The van der Waals surface area contributed by atoms with Gasteiger partial charge in [0, 0.05) is 17.2 Å². The normalized spacial score (nSPS) is 10.2. The van der Waals surface area contributed by atoms with Gasteiger partial charge in [0.05, 0.1) is 17.5 Å². The Labute approximate surface area is 110 Å². The molecule has 0 atom stereocenters. The van der Waals surface area contributed by atoms with Crippen LogP contribution < -0.4 is 5.56 Å². The summed E-state index contributed by atoms with van der Waals surface area (Å²) in [6, 6.07) is 1.67. The molecule has 0 aliphatic heterocycles. The Morgan fingerprint density at radius 1 is 1.50 bits per heavy atom. The lowest BCUT2D eigenvalue weighted by atomic mass is 10.4. The number of halogens is 2. The van der Waals surface area contributed by atoms with Crippen molar-refractivity contribution in [2.75, 3.05) is 6.61 Å². The van der Waals surface area contributed by atoms with E-state index in [1.165, 1.54) is 4.57 Å². The van der Waals surface area contributed by atoms with Gasteiger partial charge in [-0.05, 0) is 44.8 Å². The number of hydrogen-bond donors (Lipinski definition) is 0. The van der Waals surface area contributed by atoms with Gasteiger partial charge < -0.3 is 9.30 Å². The lowest BCUT2D eigenvalue weighted by molar-refractivity contribution is -0.143. The molecule has 0 unspecified atom stereocenters. The van der Waals surface area contributed by atoms with Crippen molar-refractivity contribution in [3.63, 3.8) is 0 Å². The van der Waals surface area contributed by atoms with Gasteiger partial charge in [0.15, 0.2) is 0 Å². The number of aryl methyl sites for hydroxylation is 1. The third-order valence-corrected chi connectivity index (χ3v) is 2.87. The number of pyridine rings is 1. The van der Waals surface area contributed by atoms with Crippen LogP contribution in [0.4, 0.5) is 0 Å². The van der Waals surface area contributed by atoms with Gasteiger partial charge >= 0.3 is 5.97 Å². The predicted molar refractivity (Wildman–Crippen MR) is 67.4 cm³/mol. The third kappa shape index (κ3) is 3.75. The number of carbonyl (C=O) groups excluding carboxylic acids is 1. The SMILES string of the molecule is CCOC(=O)CCn1cc(Br)cc(Br)c1=O. The molecule has 0 amide bonds. The van der Waals surface area contributed by atoms with Crippen LogP contribution >= 0.6 is 31.9 Å². The molecule has 0 aromatic carbocycles. The molecule has 0 spiro atoms. The molecule has 0 aliphatic rings. The molecule has 0 fully saturated rings. The number of nitrogens with zero attached hydrogens (tertiary/aromatic N) is 1. The maximum Gasteiger partial charge on any atom is 0.307 e. The Bertz CT molecular complexity index is 442. The second-order valence-electron chi connectivity index (χ2n) is 3.06. The van der Waals surface area contributed by atoms with Gasteiger partial charge in [-0.3, -0.25) is 9.59 Å². The molecule has 1 aromatic rings. The number of esters is 1. The molecular formula is C10H11Br2NO3. The summed E-state index contributed by atoms with van der Waals surface area (Å²) < 4.78 is 7.49. The topological polar surface area (TPSA) is 48.3 Å².